The summed E-state index contributed by atoms with van der Waals surface area (Å²) >= 11 is 0. The summed E-state index contributed by atoms with van der Waals surface area (Å²) in [6, 6.07) is 2.87. The molecule has 25 heavy (non-hydrogen) atoms. The molecular weight excluding hydrogens is 308 g/mol. The van der Waals surface area contributed by atoms with Gasteiger partial charge in [-0.05, 0) is 74.9 Å². The SMILES string of the molecule is CC(C)N1CCCN(C(C)C)CC1.CC(C)N1CCN(C(C)C)CC1. The van der Waals surface area contributed by atoms with Gasteiger partial charge in [0.25, 0.3) is 0 Å². The summed E-state index contributed by atoms with van der Waals surface area (Å²) in [5.41, 5.74) is 0. The van der Waals surface area contributed by atoms with Crippen LogP contribution in [-0.4, -0.2) is 96.1 Å². The summed E-state index contributed by atoms with van der Waals surface area (Å²) < 4.78 is 0. The summed E-state index contributed by atoms with van der Waals surface area (Å²) in [5.74, 6) is 0. The summed E-state index contributed by atoms with van der Waals surface area (Å²) in [5, 5.41) is 0. The van der Waals surface area contributed by atoms with Crippen molar-refractivity contribution in [1.29, 1.82) is 0 Å². The third kappa shape index (κ3) is 8.38. The molecule has 0 bridgehead atoms. The lowest BCUT2D eigenvalue weighted by molar-refractivity contribution is 0.0887. The third-order valence-electron chi connectivity index (χ3n) is 5.84. The molecule has 2 heterocycles. The monoisotopic (exact) mass is 354 g/mol. The molecule has 0 radical (unpaired) electrons. The Bertz CT molecular complexity index is 301. The average Bonchev–Trinajstić information content (AvgIpc) is 2.81. The van der Waals surface area contributed by atoms with E-state index >= 15 is 0 Å². The quantitative estimate of drug-likeness (QED) is 0.768. The van der Waals surface area contributed by atoms with E-state index in [-0.39, 0.29) is 0 Å². The van der Waals surface area contributed by atoms with Gasteiger partial charge in [-0.25, -0.2) is 0 Å². The summed E-state index contributed by atoms with van der Waals surface area (Å²) in [6.45, 7) is 28.4. The van der Waals surface area contributed by atoms with Crippen molar-refractivity contribution in [3.63, 3.8) is 0 Å². The van der Waals surface area contributed by atoms with E-state index in [0.717, 1.165) is 12.1 Å². The molecule has 2 fully saturated rings. The van der Waals surface area contributed by atoms with Gasteiger partial charge in [0.15, 0.2) is 0 Å². The molecule has 0 aromatic rings. The Labute approximate surface area is 158 Å². The van der Waals surface area contributed by atoms with Crippen LogP contribution in [-0.2, 0) is 0 Å². The van der Waals surface area contributed by atoms with Crippen LogP contribution in [0.2, 0.25) is 0 Å². The molecule has 2 aliphatic heterocycles. The fraction of sp³-hybridized carbons (Fsp3) is 1.00. The Balaban J connectivity index is 0.000000251. The molecule has 0 saturated carbocycles. The van der Waals surface area contributed by atoms with Crippen LogP contribution in [0.5, 0.6) is 0 Å². The van der Waals surface area contributed by atoms with E-state index in [1.165, 1.54) is 58.8 Å². The molecule has 0 aromatic carbocycles. The minimum Gasteiger partial charge on any atom is -0.300 e. The number of piperazine rings is 1. The molecule has 4 nitrogen and oxygen atoms in total. The summed E-state index contributed by atoms with van der Waals surface area (Å²) in [6.07, 6.45) is 1.33. The summed E-state index contributed by atoms with van der Waals surface area (Å²) in [4.78, 5) is 10.3. The van der Waals surface area contributed by atoms with Gasteiger partial charge in [0.1, 0.15) is 0 Å². The van der Waals surface area contributed by atoms with Crippen molar-refractivity contribution in [2.75, 3.05) is 52.4 Å². The summed E-state index contributed by atoms with van der Waals surface area (Å²) in [7, 11) is 0. The highest BCUT2D eigenvalue weighted by molar-refractivity contribution is 4.76. The molecule has 4 heteroatoms. The highest BCUT2D eigenvalue weighted by atomic mass is 15.3. The van der Waals surface area contributed by atoms with E-state index in [1.54, 1.807) is 0 Å². The predicted molar refractivity (Wildman–Crippen MR) is 111 cm³/mol. The van der Waals surface area contributed by atoms with E-state index < -0.39 is 0 Å². The average molecular weight is 355 g/mol. The lowest BCUT2D eigenvalue weighted by Gasteiger charge is -2.38. The van der Waals surface area contributed by atoms with Crippen LogP contribution >= 0.6 is 0 Å². The van der Waals surface area contributed by atoms with E-state index in [1.807, 2.05) is 0 Å². The van der Waals surface area contributed by atoms with Gasteiger partial charge < -0.3 is 0 Å². The van der Waals surface area contributed by atoms with Crippen LogP contribution < -0.4 is 0 Å². The van der Waals surface area contributed by atoms with Crippen LogP contribution in [0, 0.1) is 0 Å². The Morgan fingerprint density at radius 3 is 0.760 bits per heavy atom. The first-order valence-electron chi connectivity index (χ1n) is 10.7. The number of nitrogens with zero attached hydrogens (tertiary/aromatic N) is 4. The first kappa shape index (κ1) is 22.9. The van der Waals surface area contributed by atoms with Gasteiger partial charge in [0, 0.05) is 63.4 Å². The second kappa shape index (κ2) is 11.5. The molecule has 0 unspecified atom stereocenters. The van der Waals surface area contributed by atoms with Gasteiger partial charge in [-0.3, -0.25) is 19.6 Å². The van der Waals surface area contributed by atoms with Gasteiger partial charge in [-0.15, -0.1) is 0 Å². The van der Waals surface area contributed by atoms with Crippen LogP contribution in [0.15, 0.2) is 0 Å². The van der Waals surface area contributed by atoms with E-state index in [2.05, 4.69) is 75.0 Å². The zero-order chi connectivity index (χ0) is 19.0. The minimum atomic E-state index is 0.715. The Morgan fingerprint density at radius 2 is 0.560 bits per heavy atom. The van der Waals surface area contributed by atoms with Crippen molar-refractivity contribution in [3.8, 4) is 0 Å². The van der Waals surface area contributed by atoms with Crippen molar-refractivity contribution in [1.82, 2.24) is 19.6 Å². The molecule has 0 amide bonds. The maximum Gasteiger partial charge on any atom is 0.0113 e. The van der Waals surface area contributed by atoms with Crippen molar-refractivity contribution >= 4 is 0 Å². The Morgan fingerprint density at radius 1 is 0.360 bits per heavy atom. The molecule has 2 rings (SSSR count). The maximum atomic E-state index is 2.59. The first-order chi connectivity index (χ1) is 11.7. The number of rotatable bonds is 4. The van der Waals surface area contributed by atoms with Gasteiger partial charge in [0.2, 0.25) is 0 Å². The molecule has 0 spiro atoms. The molecule has 2 aliphatic rings. The molecule has 0 atom stereocenters. The van der Waals surface area contributed by atoms with Crippen molar-refractivity contribution in [3.05, 3.63) is 0 Å². The maximum absolute atomic E-state index is 2.59. The molecule has 150 valence electrons. The van der Waals surface area contributed by atoms with Gasteiger partial charge in [-0.1, -0.05) is 0 Å². The van der Waals surface area contributed by atoms with Crippen molar-refractivity contribution < 1.29 is 0 Å². The normalized spacial score (nSPS) is 22.6. The zero-order valence-corrected chi connectivity index (χ0v) is 18.5. The second-order valence-electron chi connectivity index (χ2n) is 8.87. The van der Waals surface area contributed by atoms with Gasteiger partial charge in [-0.2, -0.15) is 0 Å². The zero-order valence-electron chi connectivity index (χ0n) is 18.5. The van der Waals surface area contributed by atoms with E-state index in [9.17, 15) is 0 Å². The van der Waals surface area contributed by atoms with Crippen LogP contribution in [0.4, 0.5) is 0 Å². The Hall–Kier alpha value is -0.160. The van der Waals surface area contributed by atoms with Crippen LogP contribution in [0.1, 0.15) is 61.8 Å². The number of hydrogen-bond donors (Lipinski definition) is 0. The van der Waals surface area contributed by atoms with E-state index in [4.69, 9.17) is 0 Å². The fourth-order valence-corrected chi connectivity index (χ4v) is 3.76. The largest absolute Gasteiger partial charge is 0.300 e. The molecular formula is C21H46N4. The standard InChI is InChI=1S/C11H24N2.C10H22N2/c1-10(2)12-6-5-7-13(9-8-12)11(3)4;1-9(2)11-5-7-12(8-6-11)10(3)4/h10-11H,5-9H2,1-4H3;9-10H,5-8H2,1-4H3. The lowest BCUT2D eigenvalue weighted by Crippen LogP contribution is -2.50. The fourth-order valence-electron chi connectivity index (χ4n) is 3.76. The molecule has 0 N–H and O–H groups in total. The van der Waals surface area contributed by atoms with Crippen LogP contribution in [0.25, 0.3) is 0 Å². The highest BCUT2D eigenvalue weighted by Gasteiger charge is 2.20. The first-order valence-corrected chi connectivity index (χ1v) is 10.7. The van der Waals surface area contributed by atoms with Gasteiger partial charge >= 0.3 is 0 Å². The number of hydrogen-bond acceptors (Lipinski definition) is 4. The van der Waals surface area contributed by atoms with Crippen LogP contribution in [0.3, 0.4) is 0 Å². The smallest absolute Gasteiger partial charge is 0.0113 e. The van der Waals surface area contributed by atoms with Crippen molar-refractivity contribution in [2.45, 2.75) is 86.0 Å². The minimum absolute atomic E-state index is 0.715. The third-order valence-corrected chi connectivity index (χ3v) is 5.84. The van der Waals surface area contributed by atoms with Gasteiger partial charge in [0.05, 0.1) is 0 Å². The lowest BCUT2D eigenvalue weighted by atomic mass is 10.2. The van der Waals surface area contributed by atoms with Crippen molar-refractivity contribution in [2.24, 2.45) is 0 Å². The topological polar surface area (TPSA) is 13.0 Å². The van der Waals surface area contributed by atoms with E-state index in [0.29, 0.717) is 12.1 Å². The molecule has 0 aromatic heterocycles. The second-order valence-corrected chi connectivity index (χ2v) is 8.87. The predicted octanol–water partition coefficient (Wildman–Crippen LogP) is 3.23. The molecule has 2 saturated heterocycles. The Kier molecular flexibility index (Phi) is 10.6. The highest BCUT2D eigenvalue weighted by Crippen LogP contribution is 2.09. The molecule has 0 aliphatic carbocycles.